The number of carbonyl (C=O) groups excluding carboxylic acids is 3. The molecular formula is C31H35N5O7. The van der Waals surface area contributed by atoms with Gasteiger partial charge < -0.3 is 45.1 Å². The van der Waals surface area contributed by atoms with E-state index in [0.29, 0.717) is 28.6 Å². The summed E-state index contributed by atoms with van der Waals surface area (Å²) < 4.78 is 17.2. The van der Waals surface area contributed by atoms with Gasteiger partial charge in [0.1, 0.15) is 6.10 Å². The van der Waals surface area contributed by atoms with Gasteiger partial charge in [-0.1, -0.05) is 31.2 Å². The second kappa shape index (κ2) is 12.9. The Morgan fingerprint density at radius 1 is 1.00 bits per heavy atom. The molecule has 2 aliphatic rings. The Hall–Kier alpha value is -4.97. The molecule has 0 spiro atoms. The molecule has 2 aliphatic heterocycles. The lowest BCUT2D eigenvalue weighted by molar-refractivity contribution is 0.0373. The molecule has 0 unspecified atom stereocenters. The first-order valence-corrected chi connectivity index (χ1v) is 14.0. The highest BCUT2D eigenvalue weighted by Gasteiger charge is 2.35. The fraction of sp³-hybridized carbons (Fsp3) is 0.323. The first-order chi connectivity index (χ1) is 20.7. The van der Waals surface area contributed by atoms with Crippen LogP contribution in [0.1, 0.15) is 24.2 Å². The standard InChI is InChI=1S/C31H35N5O7/c1-19-15-36(20(2)17-37)29(38)23-10-7-11-24(34-30(39)32-21-8-5-4-6-9-21)28(23)43-27(19)16-35(3)31(40)33-22-12-13-25-26(14-22)42-18-41-25/h4-14,19-20,27,37H,15-18H2,1-3H3,(H,33,40)(H2,32,34,39)/t19-,20+,27-/m0/s1. The van der Waals surface area contributed by atoms with Crippen molar-refractivity contribution < 1.29 is 33.7 Å². The number of amides is 5. The normalized spacial score (nSPS) is 18.0. The molecule has 0 saturated carbocycles. The number of para-hydroxylation sites is 2. The van der Waals surface area contributed by atoms with Gasteiger partial charge in [0.15, 0.2) is 17.2 Å². The highest BCUT2D eigenvalue weighted by Crippen LogP contribution is 2.36. The fourth-order valence-corrected chi connectivity index (χ4v) is 4.91. The van der Waals surface area contributed by atoms with E-state index in [9.17, 15) is 19.5 Å². The van der Waals surface area contributed by atoms with Crippen LogP contribution in [0.4, 0.5) is 26.7 Å². The molecule has 0 radical (unpaired) electrons. The van der Waals surface area contributed by atoms with Gasteiger partial charge in [-0.15, -0.1) is 0 Å². The molecule has 3 aromatic carbocycles. The average Bonchev–Trinajstić information content (AvgIpc) is 3.47. The molecule has 2 heterocycles. The van der Waals surface area contributed by atoms with Gasteiger partial charge in [0.25, 0.3) is 5.91 Å². The molecule has 0 saturated heterocycles. The van der Waals surface area contributed by atoms with Crippen LogP contribution in [0.3, 0.4) is 0 Å². The molecule has 226 valence electrons. The van der Waals surface area contributed by atoms with Crippen molar-refractivity contribution in [3.8, 4) is 17.2 Å². The van der Waals surface area contributed by atoms with Crippen molar-refractivity contribution in [3.63, 3.8) is 0 Å². The number of hydrogen-bond donors (Lipinski definition) is 4. The van der Waals surface area contributed by atoms with Gasteiger partial charge in [0.05, 0.1) is 30.4 Å². The molecule has 5 amide bonds. The topological polar surface area (TPSA) is 142 Å². The lowest BCUT2D eigenvalue weighted by Gasteiger charge is -2.38. The van der Waals surface area contributed by atoms with Crippen LogP contribution in [0.15, 0.2) is 66.7 Å². The Labute approximate surface area is 249 Å². The molecule has 43 heavy (non-hydrogen) atoms. The average molecular weight is 590 g/mol. The van der Waals surface area contributed by atoms with Crippen molar-refractivity contribution in [2.45, 2.75) is 26.0 Å². The number of ether oxygens (including phenoxy) is 3. The van der Waals surface area contributed by atoms with E-state index in [0.717, 1.165) is 0 Å². The van der Waals surface area contributed by atoms with Gasteiger partial charge in [-0.25, -0.2) is 9.59 Å². The fourth-order valence-electron chi connectivity index (χ4n) is 4.91. The van der Waals surface area contributed by atoms with Crippen LogP contribution in [-0.2, 0) is 0 Å². The summed E-state index contributed by atoms with van der Waals surface area (Å²) >= 11 is 0. The minimum Gasteiger partial charge on any atom is -0.485 e. The van der Waals surface area contributed by atoms with Crippen LogP contribution < -0.4 is 30.2 Å². The van der Waals surface area contributed by atoms with Crippen LogP contribution in [0.25, 0.3) is 0 Å². The van der Waals surface area contributed by atoms with Gasteiger partial charge in [-0.2, -0.15) is 0 Å². The van der Waals surface area contributed by atoms with E-state index in [-0.39, 0.29) is 55.7 Å². The third-order valence-electron chi connectivity index (χ3n) is 7.40. The summed E-state index contributed by atoms with van der Waals surface area (Å²) in [6.07, 6.45) is -0.576. The first kappa shape index (κ1) is 29.5. The zero-order chi connectivity index (χ0) is 30.5. The minimum atomic E-state index is -0.576. The number of urea groups is 2. The number of aliphatic hydroxyl groups excluding tert-OH is 1. The maximum atomic E-state index is 13.7. The number of benzene rings is 3. The SMILES string of the molecule is C[C@H](CO)N1C[C@H](C)[C@H](CN(C)C(=O)Nc2ccc3c(c2)OCO3)Oc2c(NC(=O)Nc3ccccc3)cccc2C1=O. The molecule has 3 aromatic rings. The lowest BCUT2D eigenvalue weighted by Crippen LogP contribution is -2.50. The summed E-state index contributed by atoms with van der Waals surface area (Å²) in [7, 11) is 1.65. The third kappa shape index (κ3) is 6.75. The quantitative estimate of drug-likeness (QED) is 0.319. The van der Waals surface area contributed by atoms with E-state index in [1.165, 1.54) is 4.90 Å². The zero-order valence-corrected chi connectivity index (χ0v) is 24.2. The summed E-state index contributed by atoms with van der Waals surface area (Å²) in [5.41, 5.74) is 1.67. The number of rotatable bonds is 7. The van der Waals surface area contributed by atoms with Gasteiger partial charge >= 0.3 is 12.1 Å². The highest BCUT2D eigenvalue weighted by atomic mass is 16.7. The van der Waals surface area contributed by atoms with E-state index in [1.54, 1.807) is 79.5 Å². The van der Waals surface area contributed by atoms with Crippen LogP contribution in [0, 0.1) is 5.92 Å². The Bertz CT molecular complexity index is 1480. The number of nitrogens with zero attached hydrogens (tertiary/aromatic N) is 2. The van der Waals surface area contributed by atoms with Crippen LogP contribution in [0.5, 0.6) is 17.2 Å². The van der Waals surface area contributed by atoms with Crippen LogP contribution >= 0.6 is 0 Å². The Kier molecular flexibility index (Phi) is 8.86. The van der Waals surface area contributed by atoms with E-state index in [4.69, 9.17) is 14.2 Å². The molecule has 0 fully saturated rings. The van der Waals surface area contributed by atoms with E-state index in [1.807, 2.05) is 13.0 Å². The second-order valence-corrected chi connectivity index (χ2v) is 10.6. The summed E-state index contributed by atoms with van der Waals surface area (Å²) in [5, 5.41) is 18.4. The maximum absolute atomic E-state index is 13.7. The van der Waals surface area contributed by atoms with Crippen molar-refractivity contribution in [1.82, 2.24) is 9.80 Å². The number of nitrogens with one attached hydrogen (secondary N) is 3. The predicted octanol–water partition coefficient (Wildman–Crippen LogP) is 4.44. The summed E-state index contributed by atoms with van der Waals surface area (Å²) in [4.78, 5) is 42.9. The number of carbonyl (C=O) groups is 3. The Morgan fingerprint density at radius 3 is 2.53 bits per heavy atom. The van der Waals surface area contributed by atoms with Gasteiger partial charge in [0.2, 0.25) is 6.79 Å². The van der Waals surface area contributed by atoms with Crippen molar-refractivity contribution in [2.75, 3.05) is 49.5 Å². The highest BCUT2D eigenvalue weighted by molar-refractivity contribution is 6.04. The van der Waals surface area contributed by atoms with E-state index in [2.05, 4.69) is 16.0 Å². The first-order valence-electron chi connectivity index (χ1n) is 14.0. The van der Waals surface area contributed by atoms with Gasteiger partial charge in [-0.3, -0.25) is 4.79 Å². The molecule has 0 bridgehead atoms. The summed E-state index contributed by atoms with van der Waals surface area (Å²) in [6.45, 7) is 4.04. The molecule has 0 aliphatic carbocycles. The number of aliphatic hydroxyl groups is 1. The minimum absolute atomic E-state index is 0.129. The number of fused-ring (bicyclic) bond motifs is 2. The predicted molar refractivity (Wildman–Crippen MR) is 161 cm³/mol. The monoisotopic (exact) mass is 589 g/mol. The maximum Gasteiger partial charge on any atom is 0.323 e. The Morgan fingerprint density at radius 2 is 1.77 bits per heavy atom. The number of anilines is 3. The zero-order valence-electron chi connectivity index (χ0n) is 24.2. The molecule has 12 heteroatoms. The number of hydrogen-bond acceptors (Lipinski definition) is 7. The van der Waals surface area contributed by atoms with E-state index >= 15 is 0 Å². The molecule has 4 N–H and O–H groups in total. The van der Waals surface area contributed by atoms with Crippen LogP contribution in [-0.4, -0.2) is 78.6 Å². The molecular weight excluding hydrogens is 554 g/mol. The van der Waals surface area contributed by atoms with Gasteiger partial charge in [0, 0.05) is 37.0 Å². The van der Waals surface area contributed by atoms with Crippen molar-refractivity contribution >= 4 is 35.0 Å². The summed E-state index contributed by atoms with van der Waals surface area (Å²) in [6, 6.07) is 17.7. The smallest absolute Gasteiger partial charge is 0.323 e. The largest absolute Gasteiger partial charge is 0.485 e. The molecule has 0 aromatic heterocycles. The van der Waals surface area contributed by atoms with Gasteiger partial charge in [-0.05, 0) is 43.3 Å². The summed E-state index contributed by atoms with van der Waals surface area (Å²) in [5.74, 6) is 0.765. The molecule has 5 rings (SSSR count). The number of likely N-dealkylation sites (N-methyl/N-ethyl adjacent to an activating group) is 1. The van der Waals surface area contributed by atoms with E-state index < -0.39 is 18.2 Å². The van der Waals surface area contributed by atoms with Crippen molar-refractivity contribution in [2.24, 2.45) is 5.92 Å². The molecule has 12 nitrogen and oxygen atoms in total. The third-order valence-corrected chi connectivity index (χ3v) is 7.40. The lowest BCUT2D eigenvalue weighted by atomic mass is 9.99. The van der Waals surface area contributed by atoms with Crippen molar-refractivity contribution in [1.29, 1.82) is 0 Å². The van der Waals surface area contributed by atoms with Crippen molar-refractivity contribution in [3.05, 3.63) is 72.3 Å². The Balaban J connectivity index is 1.39. The second-order valence-electron chi connectivity index (χ2n) is 10.6. The molecule has 3 atom stereocenters. The van der Waals surface area contributed by atoms with Crippen LogP contribution in [0.2, 0.25) is 0 Å².